The number of rotatable bonds is 5. The molecule has 2 aromatic carbocycles. The van der Waals surface area contributed by atoms with Gasteiger partial charge in [0.15, 0.2) is 5.82 Å². The minimum atomic E-state index is -0.370. The molecule has 0 spiro atoms. The van der Waals surface area contributed by atoms with Gasteiger partial charge in [-0.1, -0.05) is 39.0 Å². The maximum Gasteiger partial charge on any atom is 0.279 e. The van der Waals surface area contributed by atoms with Crippen molar-refractivity contribution < 1.29 is 5.11 Å². The first-order chi connectivity index (χ1) is 17.8. The topological polar surface area (TPSA) is 122 Å². The molecule has 0 radical (unpaired) electrons. The van der Waals surface area contributed by atoms with E-state index in [-0.39, 0.29) is 17.6 Å². The molecule has 0 unspecified atom stereocenters. The summed E-state index contributed by atoms with van der Waals surface area (Å²) in [6, 6.07) is 18.5. The number of fused-ring (bicyclic) bond motifs is 1. The van der Waals surface area contributed by atoms with E-state index in [1.807, 2.05) is 24.3 Å². The van der Waals surface area contributed by atoms with Crippen molar-refractivity contribution >= 4 is 22.4 Å². The number of aliphatic hydroxyl groups is 1. The van der Waals surface area contributed by atoms with Gasteiger partial charge in [0.1, 0.15) is 17.5 Å². The molecule has 5 aromatic rings. The molecule has 184 valence electrons. The van der Waals surface area contributed by atoms with Crippen molar-refractivity contribution in [2.75, 3.05) is 5.32 Å². The monoisotopic (exact) mass is 491 g/mol. The highest BCUT2D eigenvalue weighted by atomic mass is 16.3. The number of nitrogens with zero attached hydrogens (tertiary/aromatic N) is 6. The standard InChI is InChI=1S/C28H25N7O2/c1-28(2,3)20-10-11-21-18(13-20)15-31-35(27(21)37)24-8-6-7-23(22(24)17-36)34-16-19(14-29)26(33-34)32-25-9-4-5-12-30-25/h4-13,15-16,36H,17H2,1-3H3,(H,30,32,33). The quantitative estimate of drug-likeness (QED) is 0.374. The van der Waals surface area contributed by atoms with Crippen molar-refractivity contribution in [2.45, 2.75) is 32.8 Å². The Morgan fingerprint density at radius 2 is 1.89 bits per heavy atom. The van der Waals surface area contributed by atoms with Gasteiger partial charge in [0.05, 0.1) is 35.8 Å². The van der Waals surface area contributed by atoms with Crippen molar-refractivity contribution in [1.29, 1.82) is 5.26 Å². The van der Waals surface area contributed by atoms with E-state index < -0.39 is 0 Å². The zero-order valence-electron chi connectivity index (χ0n) is 20.7. The van der Waals surface area contributed by atoms with Crippen LogP contribution < -0.4 is 10.9 Å². The first-order valence-electron chi connectivity index (χ1n) is 11.7. The van der Waals surface area contributed by atoms with Crippen LogP contribution in [0, 0.1) is 11.3 Å². The number of nitriles is 1. The molecular weight excluding hydrogens is 466 g/mol. The van der Waals surface area contributed by atoms with E-state index in [0.29, 0.717) is 39.5 Å². The zero-order chi connectivity index (χ0) is 26.2. The van der Waals surface area contributed by atoms with Gasteiger partial charge in [-0.05, 0) is 47.4 Å². The molecule has 0 saturated heterocycles. The summed E-state index contributed by atoms with van der Waals surface area (Å²) in [5, 5.41) is 33.3. The fourth-order valence-corrected chi connectivity index (χ4v) is 4.16. The molecule has 3 heterocycles. The summed E-state index contributed by atoms with van der Waals surface area (Å²) in [5.41, 5.74) is 2.45. The average molecular weight is 492 g/mol. The molecule has 5 rings (SSSR count). The predicted octanol–water partition coefficient (Wildman–Crippen LogP) is 4.37. The van der Waals surface area contributed by atoms with Gasteiger partial charge in [0.25, 0.3) is 5.56 Å². The number of nitrogens with one attached hydrogen (secondary N) is 1. The van der Waals surface area contributed by atoms with Crippen molar-refractivity contribution in [3.63, 3.8) is 0 Å². The van der Waals surface area contributed by atoms with Crippen LogP contribution in [0.4, 0.5) is 11.6 Å². The van der Waals surface area contributed by atoms with Crippen LogP contribution in [-0.2, 0) is 12.0 Å². The van der Waals surface area contributed by atoms with Crippen LogP contribution >= 0.6 is 0 Å². The molecule has 0 bridgehead atoms. The third-order valence-electron chi connectivity index (χ3n) is 6.16. The van der Waals surface area contributed by atoms with E-state index in [9.17, 15) is 15.2 Å². The van der Waals surface area contributed by atoms with E-state index in [4.69, 9.17) is 0 Å². The molecule has 0 aliphatic carbocycles. The second-order valence-electron chi connectivity index (χ2n) is 9.63. The molecule has 9 heteroatoms. The number of aromatic nitrogens is 5. The average Bonchev–Trinajstić information content (AvgIpc) is 3.31. The maximum atomic E-state index is 13.4. The number of hydrogen-bond acceptors (Lipinski definition) is 7. The van der Waals surface area contributed by atoms with Crippen LogP contribution in [0.5, 0.6) is 0 Å². The van der Waals surface area contributed by atoms with Crippen molar-refractivity contribution in [3.8, 4) is 17.4 Å². The summed E-state index contributed by atoms with van der Waals surface area (Å²) in [6.07, 6.45) is 4.86. The largest absolute Gasteiger partial charge is 0.392 e. The third kappa shape index (κ3) is 4.46. The highest BCUT2D eigenvalue weighted by Gasteiger charge is 2.19. The van der Waals surface area contributed by atoms with Crippen LogP contribution in [0.1, 0.15) is 37.5 Å². The maximum absolute atomic E-state index is 13.4. The van der Waals surface area contributed by atoms with Gasteiger partial charge in [-0.15, -0.1) is 5.10 Å². The van der Waals surface area contributed by atoms with Crippen molar-refractivity contribution in [3.05, 3.63) is 100 Å². The fourth-order valence-electron chi connectivity index (χ4n) is 4.16. The lowest BCUT2D eigenvalue weighted by molar-refractivity contribution is 0.280. The molecule has 0 aliphatic heterocycles. The molecule has 9 nitrogen and oxygen atoms in total. The molecule has 37 heavy (non-hydrogen) atoms. The lowest BCUT2D eigenvalue weighted by Gasteiger charge is -2.19. The first-order valence-corrected chi connectivity index (χ1v) is 11.7. The summed E-state index contributed by atoms with van der Waals surface area (Å²) in [7, 11) is 0. The van der Waals surface area contributed by atoms with E-state index in [1.165, 1.54) is 9.36 Å². The molecule has 0 fully saturated rings. The highest BCUT2D eigenvalue weighted by molar-refractivity contribution is 5.82. The SMILES string of the molecule is CC(C)(C)c1ccc2c(=O)n(-c3cccc(-n4cc(C#N)c(Nc5ccccn5)n4)c3CO)ncc2c1. The van der Waals surface area contributed by atoms with Crippen LogP contribution in [0.3, 0.4) is 0 Å². The Morgan fingerprint density at radius 1 is 1.08 bits per heavy atom. The Morgan fingerprint density at radius 3 is 2.59 bits per heavy atom. The van der Waals surface area contributed by atoms with Crippen LogP contribution in [0.25, 0.3) is 22.1 Å². The summed E-state index contributed by atoms with van der Waals surface area (Å²) < 4.78 is 2.79. The molecular formula is C28H25N7O2. The van der Waals surface area contributed by atoms with E-state index in [1.54, 1.807) is 48.9 Å². The Balaban J connectivity index is 1.61. The van der Waals surface area contributed by atoms with Crippen molar-refractivity contribution in [1.82, 2.24) is 24.5 Å². The molecule has 0 aliphatic rings. The molecule has 0 atom stereocenters. The Labute approximate surface area is 213 Å². The minimum Gasteiger partial charge on any atom is -0.392 e. The smallest absolute Gasteiger partial charge is 0.279 e. The molecule has 0 saturated carbocycles. The zero-order valence-corrected chi connectivity index (χ0v) is 20.7. The van der Waals surface area contributed by atoms with E-state index >= 15 is 0 Å². The van der Waals surface area contributed by atoms with Crippen molar-refractivity contribution in [2.24, 2.45) is 0 Å². The molecule has 2 N–H and O–H groups in total. The Kier molecular flexibility index (Phi) is 6.03. The molecule has 0 amide bonds. The second-order valence-corrected chi connectivity index (χ2v) is 9.63. The van der Waals surface area contributed by atoms with Gasteiger partial charge < -0.3 is 10.4 Å². The Hall–Kier alpha value is -4.81. The third-order valence-corrected chi connectivity index (χ3v) is 6.16. The van der Waals surface area contributed by atoms with Gasteiger partial charge in [0.2, 0.25) is 0 Å². The van der Waals surface area contributed by atoms with E-state index in [0.717, 1.165) is 10.9 Å². The minimum absolute atomic E-state index is 0.0578. The van der Waals surface area contributed by atoms with Gasteiger partial charge in [0, 0.05) is 17.1 Å². The fraction of sp³-hybridized carbons (Fsp3) is 0.179. The summed E-state index contributed by atoms with van der Waals surface area (Å²) >= 11 is 0. The van der Waals surface area contributed by atoms with Crippen LogP contribution in [0.15, 0.2) is 78.0 Å². The summed E-state index contributed by atoms with van der Waals surface area (Å²) in [4.78, 5) is 17.7. The normalized spacial score (nSPS) is 11.4. The van der Waals surface area contributed by atoms with Gasteiger partial charge >= 0.3 is 0 Å². The van der Waals surface area contributed by atoms with Gasteiger partial charge in [-0.2, -0.15) is 15.0 Å². The Bertz CT molecular complexity index is 1710. The molecule has 3 aromatic heterocycles. The number of anilines is 2. The summed E-state index contributed by atoms with van der Waals surface area (Å²) in [5.74, 6) is 0.869. The van der Waals surface area contributed by atoms with Gasteiger partial charge in [-0.3, -0.25) is 4.79 Å². The summed E-state index contributed by atoms with van der Waals surface area (Å²) in [6.45, 7) is 5.98. The lowest BCUT2D eigenvalue weighted by Crippen LogP contribution is -2.23. The predicted molar refractivity (Wildman–Crippen MR) is 141 cm³/mol. The van der Waals surface area contributed by atoms with Crippen LogP contribution in [-0.4, -0.2) is 29.7 Å². The number of aliphatic hydroxyl groups excluding tert-OH is 1. The lowest BCUT2D eigenvalue weighted by atomic mass is 9.86. The highest BCUT2D eigenvalue weighted by Crippen LogP contribution is 2.27. The number of benzene rings is 2. The van der Waals surface area contributed by atoms with Crippen LogP contribution in [0.2, 0.25) is 0 Å². The van der Waals surface area contributed by atoms with Gasteiger partial charge in [-0.25, -0.2) is 9.67 Å². The second kappa shape index (κ2) is 9.33. The number of pyridine rings is 1. The first kappa shape index (κ1) is 23.9. The number of hydrogen-bond donors (Lipinski definition) is 2. The van der Waals surface area contributed by atoms with E-state index in [2.05, 4.69) is 47.3 Å².